The molecule has 2 heterocycles. The lowest BCUT2D eigenvalue weighted by atomic mass is 9.74. The number of nitrogens with two attached hydrogens (primary N) is 1. The molecule has 7 rings (SSSR count). The zero-order valence-electron chi connectivity index (χ0n) is 21.6. The average Bonchev–Trinajstić information content (AvgIpc) is 3.16. The predicted molar refractivity (Wildman–Crippen MR) is 137 cm³/mol. The number of rotatable bonds is 4. The van der Waals surface area contributed by atoms with Crippen LogP contribution in [-0.4, -0.2) is 58.3 Å². The van der Waals surface area contributed by atoms with Gasteiger partial charge in [0, 0.05) is 24.6 Å². The van der Waals surface area contributed by atoms with E-state index in [0.717, 1.165) is 11.3 Å². The van der Waals surface area contributed by atoms with Gasteiger partial charge in [0.15, 0.2) is 12.1 Å². The van der Waals surface area contributed by atoms with Crippen molar-refractivity contribution in [3.05, 3.63) is 28.8 Å². The molecule has 4 N–H and O–H groups in total. The maximum absolute atomic E-state index is 13.6. The highest BCUT2D eigenvalue weighted by molar-refractivity contribution is 6.34. The van der Waals surface area contributed by atoms with Gasteiger partial charge in [-0.1, -0.05) is 23.7 Å². The number of carbonyl (C=O) groups excluding carboxylic acids is 2. The van der Waals surface area contributed by atoms with E-state index in [4.69, 9.17) is 22.1 Å². The SMILES string of the molecule is C[C@@]1(c2cccc(NC(=O)C34CC5CC(CC3(O)C5)C4)c2Cl)CC(=O)N([C@H]2CCO[C@@H](C(F)(F)F)C2)C(N)=N1. The minimum Gasteiger partial charge on any atom is -0.389 e. The Morgan fingerprint density at radius 2 is 1.92 bits per heavy atom. The summed E-state index contributed by atoms with van der Waals surface area (Å²) < 4.78 is 44.6. The van der Waals surface area contributed by atoms with Crippen LogP contribution in [0, 0.1) is 17.3 Å². The molecule has 4 bridgehead atoms. The molecule has 2 aliphatic heterocycles. The molecular weight excluding hydrogens is 537 g/mol. The van der Waals surface area contributed by atoms with Gasteiger partial charge < -0.3 is 20.9 Å². The van der Waals surface area contributed by atoms with Crippen LogP contribution < -0.4 is 11.1 Å². The van der Waals surface area contributed by atoms with Crippen LogP contribution in [0.3, 0.4) is 0 Å². The van der Waals surface area contributed by atoms with E-state index < -0.39 is 47.2 Å². The second kappa shape index (κ2) is 8.81. The van der Waals surface area contributed by atoms with Gasteiger partial charge in [-0.05, 0) is 63.4 Å². The number of aliphatic hydroxyl groups is 1. The highest BCUT2D eigenvalue weighted by Crippen LogP contribution is 2.67. The van der Waals surface area contributed by atoms with Crippen LogP contribution in [-0.2, 0) is 19.9 Å². The van der Waals surface area contributed by atoms with Crippen LogP contribution in [0.2, 0.25) is 5.02 Å². The molecule has 2 unspecified atom stereocenters. The Bertz CT molecular complexity index is 1240. The Labute approximate surface area is 229 Å². The number of benzene rings is 1. The van der Waals surface area contributed by atoms with E-state index in [0.29, 0.717) is 48.8 Å². The lowest BCUT2D eigenvalue weighted by Gasteiger charge is -2.42. The summed E-state index contributed by atoms with van der Waals surface area (Å²) in [5.74, 6) is -0.170. The van der Waals surface area contributed by atoms with E-state index in [1.807, 2.05) is 0 Å². The molecule has 212 valence electrons. The molecule has 0 aromatic heterocycles. The lowest BCUT2D eigenvalue weighted by molar-refractivity contribution is -0.235. The van der Waals surface area contributed by atoms with Crippen molar-refractivity contribution in [3.8, 4) is 0 Å². The largest absolute Gasteiger partial charge is 0.414 e. The molecule has 0 spiro atoms. The molecule has 1 aromatic carbocycles. The molecule has 2 amide bonds. The number of halogens is 4. The van der Waals surface area contributed by atoms with Gasteiger partial charge >= 0.3 is 6.18 Å². The van der Waals surface area contributed by atoms with Crippen molar-refractivity contribution < 1.29 is 32.6 Å². The fourth-order valence-corrected chi connectivity index (χ4v) is 8.53. The fraction of sp³-hybridized carbons (Fsp3) is 0.667. The fourth-order valence-electron chi connectivity index (χ4n) is 8.15. The van der Waals surface area contributed by atoms with Gasteiger partial charge in [0.1, 0.15) is 0 Å². The molecule has 12 heteroatoms. The topological polar surface area (TPSA) is 117 Å². The number of nitrogens with one attached hydrogen (secondary N) is 1. The first-order valence-corrected chi connectivity index (χ1v) is 13.8. The van der Waals surface area contributed by atoms with Gasteiger partial charge in [0.25, 0.3) is 0 Å². The van der Waals surface area contributed by atoms with Crippen molar-refractivity contribution in [2.45, 2.75) is 87.8 Å². The van der Waals surface area contributed by atoms with Crippen LogP contribution in [0.15, 0.2) is 23.2 Å². The molecule has 1 saturated heterocycles. The number of ether oxygens (including phenoxy) is 1. The average molecular weight is 569 g/mol. The first-order valence-electron chi connectivity index (χ1n) is 13.4. The summed E-state index contributed by atoms with van der Waals surface area (Å²) in [5.41, 5.74) is 4.01. The Balaban J connectivity index is 1.25. The summed E-state index contributed by atoms with van der Waals surface area (Å²) in [6.07, 6.45) is -3.21. The van der Waals surface area contributed by atoms with Crippen molar-refractivity contribution in [3.63, 3.8) is 0 Å². The third kappa shape index (κ3) is 4.14. The van der Waals surface area contributed by atoms with E-state index >= 15 is 0 Å². The Kier molecular flexibility index (Phi) is 6.06. The van der Waals surface area contributed by atoms with Crippen LogP contribution in [0.4, 0.5) is 18.9 Å². The Morgan fingerprint density at radius 1 is 1.23 bits per heavy atom. The van der Waals surface area contributed by atoms with E-state index in [1.165, 1.54) is 0 Å². The summed E-state index contributed by atoms with van der Waals surface area (Å²) in [6.45, 7) is 1.54. The van der Waals surface area contributed by atoms with Crippen LogP contribution in [0.1, 0.15) is 63.9 Å². The number of guanidine groups is 1. The maximum atomic E-state index is 13.6. The second-order valence-electron chi connectivity index (χ2n) is 12.3. The van der Waals surface area contributed by atoms with Crippen molar-refractivity contribution >= 4 is 35.1 Å². The van der Waals surface area contributed by atoms with E-state index in [2.05, 4.69) is 10.3 Å². The molecule has 39 heavy (non-hydrogen) atoms. The zero-order chi connectivity index (χ0) is 28.0. The summed E-state index contributed by atoms with van der Waals surface area (Å²) in [4.78, 5) is 32.6. The third-order valence-electron chi connectivity index (χ3n) is 9.71. The number of anilines is 1. The lowest BCUT2D eigenvalue weighted by Crippen LogP contribution is -2.57. The van der Waals surface area contributed by atoms with Crippen molar-refractivity contribution in [2.75, 3.05) is 11.9 Å². The molecule has 1 aromatic rings. The van der Waals surface area contributed by atoms with Gasteiger partial charge in [-0.25, -0.2) is 4.99 Å². The van der Waals surface area contributed by atoms with Gasteiger partial charge in [-0.3, -0.25) is 14.5 Å². The number of amides is 2. The third-order valence-corrected chi connectivity index (χ3v) is 10.1. The highest BCUT2D eigenvalue weighted by Gasteiger charge is 2.69. The molecule has 5 fully saturated rings. The number of nitrogens with zero attached hydrogens (tertiary/aromatic N) is 2. The van der Waals surface area contributed by atoms with Crippen LogP contribution >= 0.6 is 11.6 Å². The zero-order valence-corrected chi connectivity index (χ0v) is 22.3. The quantitative estimate of drug-likeness (QED) is 0.506. The molecule has 5 atom stereocenters. The monoisotopic (exact) mass is 568 g/mol. The number of hydrogen-bond donors (Lipinski definition) is 3. The first kappa shape index (κ1) is 26.8. The summed E-state index contributed by atoms with van der Waals surface area (Å²) >= 11 is 6.79. The summed E-state index contributed by atoms with van der Waals surface area (Å²) in [6, 6.07) is 4.27. The number of carbonyl (C=O) groups is 2. The summed E-state index contributed by atoms with van der Waals surface area (Å²) in [7, 11) is 0. The Morgan fingerprint density at radius 3 is 2.56 bits per heavy atom. The molecule has 6 aliphatic rings. The van der Waals surface area contributed by atoms with Crippen LogP contribution in [0.5, 0.6) is 0 Å². The maximum Gasteiger partial charge on any atom is 0.414 e. The van der Waals surface area contributed by atoms with E-state index in [-0.39, 0.29) is 36.3 Å². The number of alkyl halides is 3. The minimum atomic E-state index is -4.54. The molecule has 0 radical (unpaired) electrons. The van der Waals surface area contributed by atoms with Crippen molar-refractivity contribution in [2.24, 2.45) is 28.0 Å². The van der Waals surface area contributed by atoms with Crippen LogP contribution in [0.25, 0.3) is 0 Å². The summed E-state index contributed by atoms with van der Waals surface area (Å²) in [5, 5.41) is 14.5. The predicted octanol–water partition coefficient (Wildman–Crippen LogP) is 4.09. The molecule has 8 nitrogen and oxygen atoms in total. The smallest absolute Gasteiger partial charge is 0.389 e. The Hall–Kier alpha value is -2.37. The van der Waals surface area contributed by atoms with Gasteiger partial charge in [-0.2, -0.15) is 13.2 Å². The second-order valence-corrected chi connectivity index (χ2v) is 12.7. The molecule has 4 aliphatic carbocycles. The van der Waals surface area contributed by atoms with E-state index in [1.54, 1.807) is 25.1 Å². The normalized spacial score (nSPS) is 39.7. The number of aliphatic imine (C=N–C) groups is 1. The first-order chi connectivity index (χ1) is 18.2. The number of hydrogen-bond acceptors (Lipinski definition) is 6. The van der Waals surface area contributed by atoms with Gasteiger partial charge in [0.2, 0.25) is 11.8 Å². The standard InChI is InChI=1S/C27H32ClF3N4O4/c1-24(13-20(36)35(23(32)34-24)16-5-6-39-19(8-16)27(29,30)31)17-3-2-4-18(21(17)28)33-22(37)25-9-14-7-15(10-25)12-26(25,38)11-14/h2-4,14-16,19,38H,5-13H2,1H3,(H2,32,34)(H,33,37)/t14?,15?,16-,19+,24-,25?,26?/m0/s1. The minimum absolute atomic E-state index is 0.144. The molecule has 4 saturated carbocycles. The van der Waals surface area contributed by atoms with Crippen molar-refractivity contribution in [1.82, 2.24) is 4.90 Å². The van der Waals surface area contributed by atoms with Gasteiger partial charge in [0.05, 0.1) is 33.7 Å². The highest BCUT2D eigenvalue weighted by atomic mass is 35.5. The van der Waals surface area contributed by atoms with Crippen molar-refractivity contribution in [1.29, 1.82) is 0 Å². The molecular formula is C27H32ClF3N4O4. The van der Waals surface area contributed by atoms with Gasteiger partial charge in [-0.15, -0.1) is 0 Å². The van der Waals surface area contributed by atoms with E-state index in [9.17, 15) is 27.9 Å².